The number of anilines is 1. The van der Waals surface area contributed by atoms with Crippen LogP contribution in [0.3, 0.4) is 0 Å². The monoisotopic (exact) mass is 230 g/mol. The number of pyridine rings is 1. The van der Waals surface area contributed by atoms with Crippen LogP contribution in [0.25, 0.3) is 10.9 Å². The van der Waals surface area contributed by atoms with E-state index in [9.17, 15) is 5.11 Å². The number of fused-ring (bicyclic) bond motifs is 1. The van der Waals surface area contributed by atoms with Gasteiger partial charge in [-0.15, -0.1) is 0 Å². The Morgan fingerprint density at radius 1 is 1.24 bits per heavy atom. The van der Waals surface area contributed by atoms with E-state index in [2.05, 4.69) is 16.0 Å². The van der Waals surface area contributed by atoms with E-state index in [1.54, 1.807) is 0 Å². The number of hydrogen-bond donors (Lipinski definition) is 1. The predicted octanol–water partition coefficient (Wildman–Crippen LogP) is 2.44. The summed E-state index contributed by atoms with van der Waals surface area (Å²) in [5, 5.41) is 10.6. The van der Waals surface area contributed by atoms with Crippen LogP contribution in [0, 0.1) is 0 Å². The number of aromatic nitrogens is 1. The van der Waals surface area contributed by atoms with E-state index in [1.165, 1.54) is 0 Å². The Morgan fingerprint density at radius 3 is 2.65 bits per heavy atom. The molecular weight excluding hydrogens is 212 g/mol. The molecule has 1 aromatic carbocycles. The second-order valence-corrected chi connectivity index (χ2v) is 4.88. The topological polar surface area (TPSA) is 36.4 Å². The number of nitrogens with zero attached hydrogens (tertiary/aromatic N) is 2. The van der Waals surface area contributed by atoms with Crippen molar-refractivity contribution in [3.05, 3.63) is 36.5 Å². The molecule has 0 aliphatic carbocycles. The van der Waals surface area contributed by atoms with Gasteiger partial charge in [0.15, 0.2) is 0 Å². The van der Waals surface area contributed by atoms with Crippen molar-refractivity contribution in [3.63, 3.8) is 0 Å². The van der Waals surface area contributed by atoms with E-state index in [4.69, 9.17) is 0 Å². The molecule has 0 aliphatic rings. The Labute approximate surface area is 102 Å². The molecule has 0 fully saturated rings. The van der Waals surface area contributed by atoms with Gasteiger partial charge in [-0.25, -0.2) is 0 Å². The summed E-state index contributed by atoms with van der Waals surface area (Å²) >= 11 is 0. The maximum absolute atomic E-state index is 9.44. The summed E-state index contributed by atoms with van der Waals surface area (Å²) < 4.78 is 0. The van der Waals surface area contributed by atoms with Crippen molar-refractivity contribution in [2.24, 2.45) is 0 Å². The van der Waals surface area contributed by atoms with Gasteiger partial charge in [0.1, 0.15) is 0 Å². The molecule has 0 aliphatic heterocycles. The molecule has 1 heterocycles. The molecule has 3 heteroatoms. The van der Waals surface area contributed by atoms with Crippen LogP contribution in [0.5, 0.6) is 0 Å². The highest BCUT2D eigenvalue weighted by Crippen LogP contribution is 2.28. The van der Waals surface area contributed by atoms with Gasteiger partial charge in [0.2, 0.25) is 0 Å². The fraction of sp³-hybridized carbons (Fsp3) is 0.357. The van der Waals surface area contributed by atoms with E-state index in [0.717, 1.165) is 16.6 Å². The lowest BCUT2D eigenvalue weighted by Crippen LogP contribution is -2.44. The first-order valence-electron chi connectivity index (χ1n) is 5.75. The molecule has 0 radical (unpaired) electrons. The number of benzene rings is 1. The summed E-state index contributed by atoms with van der Waals surface area (Å²) in [6, 6.07) is 10.0. The van der Waals surface area contributed by atoms with Crippen LogP contribution in [-0.4, -0.2) is 29.3 Å². The Bertz CT molecular complexity index is 517. The van der Waals surface area contributed by atoms with Gasteiger partial charge < -0.3 is 10.0 Å². The van der Waals surface area contributed by atoms with Crippen molar-refractivity contribution >= 4 is 16.6 Å². The summed E-state index contributed by atoms with van der Waals surface area (Å²) in [6.45, 7) is 4.14. The van der Waals surface area contributed by atoms with Crippen LogP contribution in [0.1, 0.15) is 13.8 Å². The fourth-order valence-corrected chi connectivity index (χ4v) is 1.81. The van der Waals surface area contributed by atoms with Crippen LogP contribution in [0.4, 0.5) is 5.69 Å². The maximum Gasteiger partial charge on any atom is 0.0722 e. The second kappa shape index (κ2) is 4.34. The summed E-state index contributed by atoms with van der Waals surface area (Å²) in [6.07, 6.45) is 1.81. The largest absolute Gasteiger partial charge is 0.394 e. The number of rotatable bonds is 3. The minimum absolute atomic E-state index is 0.111. The van der Waals surface area contributed by atoms with E-state index >= 15 is 0 Å². The number of para-hydroxylation sites is 1. The standard InChI is InChI=1S/C14H18N2O/c1-14(2,10-17)16(3)13-8-9-15-12-7-5-4-6-11(12)13/h4-9,17H,10H2,1-3H3. The molecule has 1 N–H and O–H groups in total. The van der Waals surface area contributed by atoms with Gasteiger partial charge in [-0.05, 0) is 26.0 Å². The average Bonchev–Trinajstić information content (AvgIpc) is 2.37. The minimum atomic E-state index is -0.288. The van der Waals surface area contributed by atoms with Crippen LogP contribution < -0.4 is 4.90 Å². The van der Waals surface area contributed by atoms with Crippen molar-refractivity contribution in [1.82, 2.24) is 4.98 Å². The molecule has 0 amide bonds. The number of likely N-dealkylation sites (N-methyl/N-ethyl adjacent to an activating group) is 1. The van der Waals surface area contributed by atoms with Gasteiger partial charge >= 0.3 is 0 Å². The number of aliphatic hydroxyl groups excluding tert-OH is 1. The van der Waals surface area contributed by atoms with E-state index in [1.807, 2.05) is 51.4 Å². The van der Waals surface area contributed by atoms with Crippen LogP contribution in [-0.2, 0) is 0 Å². The molecule has 0 spiro atoms. The van der Waals surface area contributed by atoms with E-state index in [0.29, 0.717) is 0 Å². The van der Waals surface area contributed by atoms with E-state index in [-0.39, 0.29) is 12.1 Å². The smallest absolute Gasteiger partial charge is 0.0722 e. The van der Waals surface area contributed by atoms with Crippen LogP contribution in [0.15, 0.2) is 36.5 Å². The van der Waals surface area contributed by atoms with Crippen molar-refractivity contribution in [1.29, 1.82) is 0 Å². The molecular formula is C14H18N2O. The molecule has 0 atom stereocenters. The zero-order chi connectivity index (χ0) is 12.5. The highest BCUT2D eigenvalue weighted by Gasteiger charge is 2.23. The maximum atomic E-state index is 9.44. The zero-order valence-corrected chi connectivity index (χ0v) is 10.5. The SMILES string of the molecule is CN(c1ccnc2ccccc12)C(C)(C)CO. The molecule has 3 nitrogen and oxygen atoms in total. The molecule has 1 aromatic heterocycles. The Hall–Kier alpha value is -1.61. The third-order valence-corrected chi connectivity index (χ3v) is 3.28. The number of aliphatic hydroxyl groups is 1. The van der Waals surface area contributed by atoms with Gasteiger partial charge in [-0.1, -0.05) is 18.2 Å². The van der Waals surface area contributed by atoms with Crippen molar-refractivity contribution < 1.29 is 5.11 Å². The third-order valence-electron chi connectivity index (χ3n) is 3.28. The lowest BCUT2D eigenvalue weighted by Gasteiger charge is -2.36. The molecule has 2 rings (SSSR count). The Kier molecular flexibility index (Phi) is 3.03. The van der Waals surface area contributed by atoms with Crippen molar-refractivity contribution in [2.75, 3.05) is 18.6 Å². The van der Waals surface area contributed by atoms with Crippen molar-refractivity contribution in [3.8, 4) is 0 Å². The summed E-state index contributed by atoms with van der Waals surface area (Å²) in [5.74, 6) is 0. The first-order chi connectivity index (χ1) is 8.06. The van der Waals surface area contributed by atoms with Crippen LogP contribution >= 0.6 is 0 Å². The summed E-state index contributed by atoms with van der Waals surface area (Å²) in [4.78, 5) is 6.44. The quantitative estimate of drug-likeness (QED) is 0.879. The van der Waals surface area contributed by atoms with Gasteiger partial charge in [0.05, 0.1) is 17.7 Å². The lowest BCUT2D eigenvalue weighted by atomic mass is 10.0. The number of hydrogen-bond acceptors (Lipinski definition) is 3. The zero-order valence-electron chi connectivity index (χ0n) is 10.5. The molecule has 17 heavy (non-hydrogen) atoms. The molecule has 0 unspecified atom stereocenters. The Morgan fingerprint density at radius 2 is 1.94 bits per heavy atom. The van der Waals surface area contributed by atoms with Gasteiger partial charge in [0, 0.05) is 24.3 Å². The first kappa shape index (κ1) is 11.9. The normalized spacial score (nSPS) is 11.8. The lowest BCUT2D eigenvalue weighted by molar-refractivity contribution is 0.216. The van der Waals surface area contributed by atoms with Gasteiger partial charge in [-0.3, -0.25) is 4.98 Å². The first-order valence-corrected chi connectivity index (χ1v) is 5.75. The Balaban J connectivity index is 2.56. The summed E-state index contributed by atoms with van der Waals surface area (Å²) in [5.41, 5.74) is 1.78. The third kappa shape index (κ3) is 2.11. The molecule has 0 bridgehead atoms. The van der Waals surface area contributed by atoms with Crippen LogP contribution in [0.2, 0.25) is 0 Å². The molecule has 0 saturated heterocycles. The highest BCUT2D eigenvalue weighted by molar-refractivity contribution is 5.91. The fourth-order valence-electron chi connectivity index (χ4n) is 1.81. The van der Waals surface area contributed by atoms with Gasteiger partial charge in [0.25, 0.3) is 0 Å². The molecule has 90 valence electrons. The summed E-state index contributed by atoms with van der Waals surface area (Å²) in [7, 11) is 2.00. The molecule has 2 aromatic rings. The van der Waals surface area contributed by atoms with Crippen molar-refractivity contribution in [2.45, 2.75) is 19.4 Å². The minimum Gasteiger partial charge on any atom is -0.394 e. The molecule has 0 saturated carbocycles. The second-order valence-electron chi connectivity index (χ2n) is 4.88. The predicted molar refractivity (Wildman–Crippen MR) is 71.3 cm³/mol. The average molecular weight is 230 g/mol. The highest BCUT2D eigenvalue weighted by atomic mass is 16.3. The van der Waals surface area contributed by atoms with E-state index < -0.39 is 0 Å². The van der Waals surface area contributed by atoms with Gasteiger partial charge in [-0.2, -0.15) is 0 Å².